The second-order valence-electron chi connectivity index (χ2n) is 0.865. The summed E-state index contributed by atoms with van der Waals surface area (Å²) in [6, 6.07) is 0. The van der Waals surface area contributed by atoms with E-state index in [9.17, 15) is 0 Å². The lowest BCUT2D eigenvalue weighted by atomic mass is 10.6. The molecule has 7 N–H and O–H groups in total. The van der Waals surface area contributed by atoms with Crippen molar-refractivity contribution in [2.45, 2.75) is 6.23 Å². The highest BCUT2D eigenvalue weighted by atomic mass is 16.3. The third-order valence-electron chi connectivity index (χ3n) is 0.365. The molecule has 0 spiro atoms. The van der Waals surface area contributed by atoms with Gasteiger partial charge in [0.1, 0.15) is 6.23 Å². The van der Waals surface area contributed by atoms with E-state index in [0.717, 1.165) is 0 Å². The number of hydrogen-bond acceptors (Lipinski definition) is 4. The molecule has 0 bridgehead atoms. The van der Waals surface area contributed by atoms with Crippen molar-refractivity contribution < 1.29 is 15.7 Å². The molecule has 7 heavy (non-hydrogen) atoms. The Kier molecular flexibility index (Phi) is 8.23. The molecule has 0 aromatic rings. The SMILES string of the molecule is NNC(O)CO.O. The van der Waals surface area contributed by atoms with E-state index in [0.29, 0.717) is 0 Å². The largest absolute Gasteiger partial charge is 0.412 e. The highest BCUT2D eigenvalue weighted by Crippen LogP contribution is 1.61. The van der Waals surface area contributed by atoms with Gasteiger partial charge in [-0.3, -0.25) is 5.84 Å². The van der Waals surface area contributed by atoms with Gasteiger partial charge in [-0.15, -0.1) is 0 Å². The molecule has 0 fully saturated rings. The Morgan fingerprint density at radius 3 is 2.14 bits per heavy atom. The van der Waals surface area contributed by atoms with Gasteiger partial charge in [-0.05, 0) is 0 Å². The van der Waals surface area contributed by atoms with Gasteiger partial charge in [0, 0.05) is 0 Å². The summed E-state index contributed by atoms with van der Waals surface area (Å²) >= 11 is 0. The van der Waals surface area contributed by atoms with Crippen LogP contribution in [0.15, 0.2) is 0 Å². The van der Waals surface area contributed by atoms with Crippen LogP contribution in [0.3, 0.4) is 0 Å². The van der Waals surface area contributed by atoms with Crippen molar-refractivity contribution in [2.24, 2.45) is 5.84 Å². The molecule has 1 unspecified atom stereocenters. The first-order chi connectivity index (χ1) is 2.81. The van der Waals surface area contributed by atoms with Gasteiger partial charge in [0.25, 0.3) is 0 Å². The third kappa shape index (κ3) is 5.80. The minimum Gasteiger partial charge on any atom is -0.412 e. The van der Waals surface area contributed by atoms with Gasteiger partial charge in [-0.25, -0.2) is 5.43 Å². The fourth-order valence-electron chi connectivity index (χ4n) is 0.0527. The Balaban J connectivity index is 0. The monoisotopic (exact) mass is 110 g/mol. The smallest absolute Gasteiger partial charge is 0.140 e. The van der Waals surface area contributed by atoms with E-state index in [1.165, 1.54) is 0 Å². The lowest BCUT2D eigenvalue weighted by molar-refractivity contribution is 0.0684. The summed E-state index contributed by atoms with van der Waals surface area (Å²) in [4.78, 5) is 0. The summed E-state index contributed by atoms with van der Waals surface area (Å²) < 4.78 is 0. The van der Waals surface area contributed by atoms with Crippen LogP contribution in [-0.4, -0.2) is 28.5 Å². The zero-order valence-electron chi connectivity index (χ0n) is 3.76. The number of hydrogen-bond donors (Lipinski definition) is 4. The van der Waals surface area contributed by atoms with E-state index in [1.807, 2.05) is 5.43 Å². The molecule has 0 rings (SSSR count). The maximum atomic E-state index is 8.18. The predicted molar refractivity (Wildman–Crippen MR) is 24.0 cm³/mol. The molecule has 1 atom stereocenters. The maximum Gasteiger partial charge on any atom is 0.140 e. The van der Waals surface area contributed by atoms with Crippen LogP contribution in [0.5, 0.6) is 0 Å². The molecule has 0 amide bonds. The van der Waals surface area contributed by atoms with Crippen molar-refractivity contribution >= 4 is 0 Å². The van der Waals surface area contributed by atoms with Crippen molar-refractivity contribution in [3.05, 3.63) is 0 Å². The summed E-state index contributed by atoms with van der Waals surface area (Å²) in [5.74, 6) is 4.62. The van der Waals surface area contributed by atoms with Crippen LogP contribution in [-0.2, 0) is 0 Å². The lowest BCUT2D eigenvalue weighted by Gasteiger charge is -2.00. The van der Waals surface area contributed by atoms with Gasteiger partial charge in [0.15, 0.2) is 0 Å². The molecule has 0 aromatic heterocycles. The predicted octanol–water partition coefficient (Wildman–Crippen LogP) is -3.06. The molecule has 5 nitrogen and oxygen atoms in total. The van der Waals surface area contributed by atoms with Crippen LogP contribution in [0.25, 0.3) is 0 Å². The number of aliphatic hydroxyl groups excluding tert-OH is 2. The quantitative estimate of drug-likeness (QED) is 0.172. The molecule has 0 heterocycles. The van der Waals surface area contributed by atoms with Crippen LogP contribution in [0.2, 0.25) is 0 Å². The second kappa shape index (κ2) is 5.80. The molecule has 0 aliphatic rings. The standard InChI is InChI=1S/C2H8N2O2.H2O/c3-4-2(6)1-5;/h2,4-6H,1,3H2;1H2. The molecule has 46 valence electrons. The van der Waals surface area contributed by atoms with Crippen molar-refractivity contribution in [3.8, 4) is 0 Å². The number of aliphatic hydroxyl groups is 2. The molecule has 0 aliphatic heterocycles. The molecular formula is C2H10N2O3. The van der Waals surface area contributed by atoms with Gasteiger partial charge in [-0.1, -0.05) is 0 Å². The maximum absolute atomic E-state index is 8.18. The van der Waals surface area contributed by atoms with Crippen molar-refractivity contribution in [2.75, 3.05) is 6.61 Å². The van der Waals surface area contributed by atoms with E-state index < -0.39 is 6.23 Å². The highest BCUT2D eigenvalue weighted by molar-refractivity contribution is 4.36. The van der Waals surface area contributed by atoms with Crippen LogP contribution >= 0.6 is 0 Å². The molecular weight excluding hydrogens is 100 g/mol. The Hall–Kier alpha value is -0.200. The van der Waals surface area contributed by atoms with Crippen LogP contribution in [0.4, 0.5) is 0 Å². The fraction of sp³-hybridized carbons (Fsp3) is 1.00. The molecule has 0 saturated carbocycles. The number of nitrogens with one attached hydrogen (secondary N) is 1. The minimum absolute atomic E-state index is 0. The Labute approximate surface area is 41.0 Å². The van der Waals surface area contributed by atoms with Gasteiger partial charge in [-0.2, -0.15) is 0 Å². The zero-order chi connectivity index (χ0) is 4.99. The zero-order valence-corrected chi connectivity index (χ0v) is 3.76. The molecule has 0 aromatic carbocycles. The molecule has 0 aliphatic carbocycles. The Morgan fingerprint density at radius 1 is 1.71 bits per heavy atom. The van der Waals surface area contributed by atoms with Gasteiger partial charge in [0.05, 0.1) is 6.61 Å². The van der Waals surface area contributed by atoms with E-state index in [2.05, 4.69) is 5.84 Å². The number of hydrazine groups is 1. The Morgan fingerprint density at radius 2 is 2.14 bits per heavy atom. The highest BCUT2D eigenvalue weighted by Gasteiger charge is 1.90. The topological polar surface area (TPSA) is 110 Å². The first-order valence-corrected chi connectivity index (χ1v) is 1.56. The van der Waals surface area contributed by atoms with E-state index in [-0.39, 0.29) is 12.1 Å². The summed E-state index contributed by atoms with van der Waals surface area (Å²) in [7, 11) is 0. The Bertz CT molecular complexity index is 30.1. The minimum atomic E-state index is -0.981. The van der Waals surface area contributed by atoms with Gasteiger partial charge in [0.2, 0.25) is 0 Å². The molecule has 5 heteroatoms. The summed E-state index contributed by atoms with van der Waals surface area (Å²) in [6.07, 6.45) is -0.981. The molecule has 0 radical (unpaired) electrons. The van der Waals surface area contributed by atoms with Gasteiger partial charge < -0.3 is 15.7 Å². The van der Waals surface area contributed by atoms with Crippen molar-refractivity contribution in [1.82, 2.24) is 5.43 Å². The number of rotatable bonds is 2. The third-order valence-corrected chi connectivity index (χ3v) is 0.365. The van der Waals surface area contributed by atoms with E-state index in [4.69, 9.17) is 10.2 Å². The van der Waals surface area contributed by atoms with Crippen molar-refractivity contribution in [1.29, 1.82) is 0 Å². The fourth-order valence-corrected chi connectivity index (χ4v) is 0.0527. The first-order valence-electron chi connectivity index (χ1n) is 1.56. The van der Waals surface area contributed by atoms with Crippen LogP contribution < -0.4 is 11.3 Å². The van der Waals surface area contributed by atoms with Crippen LogP contribution in [0, 0.1) is 0 Å². The normalized spacial score (nSPS) is 12.4. The first kappa shape index (κ1) is 9.93. The van der Waals surface area contributed by atoms with E-state index >= 15 is 0 Å². The second-order valence-corrected chi connectivity index (χ2v) is 0.865. The summed E-state index contributed by atoms with van der Waals surface area (Å²) in [5, 5.41) is 16.1. The lowest BCUT2D eigenvalue weighted by Crippen LogP contribution is -2.37. The molecule has 0 saturated heterocycles. The van der Waals surface area contributed by atoms with Gasteiger partial charge >= 0.3 is 0 Å². The number of nitrogens with two attached hydrogens (primary N) is 1. The average Bonchev–Trinajstić information content (AvgIpc) is 1.65. The average molecular weight is 110 g/mol. The van der Waals surface area contributed by atoms with Crippen molar-refractivity contribution in [3.63, 3.8) is 0 Å². The van der Waals surface area contributed by atoms with E-state index in [1.54, 1.807) is 0 Å². The summed E-state index contributed by atoms with van der Waals surface area (Å²) in [5.41, 5.74) is 1.92. The van der Waals surface area contributed by atoms with Crippen LogP contribution in [0.1, 0.15) is 0 Å². The summed E-state index contributed by atoms with van der Waals surface area (Å²) in [6.45, 7) is -0.351.